The summed E-state index contributed by atoms with van der Waals surface area (Å²) in [4.78, 5) is 0. The summed E-state index contributed by atoms with van der Waals surface area (Å²) in [5.74, 6) is 0. The van der Waals surface area contributed by atoms with Crippen molar-refractivity contribution in [2.24, 2.45) is 0 Å². The first-order valence-electron chi connectivity index (χ1n) is 12.8. The van der Waals surface area contributed by atoms with E-state index in [2.05, 4.69) is 33.9 Å². The zero-order valence-corrected chi connectivity index (χ0v) is 18.5. The van der Waals surface area contributed by atoms with Gasteiger partial charge in [0, 0.05) is 13.5 Å². The molecule has 146 valence electrons. The molecule has 0 saturated heterocycles. The molecule has 0 bridgehead atoms. The van der Waals surface area contributed by atoms with E-state index < -0.39 is 27.5 Å². The average molecular weight is 362 g/mol. The third kappa shape index (κ3) is 13.5. The van der Waals surface area contributed by atoms with Gasteiger partial charge in [0.15, 0.2) is 8.32 Å². The molecule has 0 N–H and O–H groups in total. The summed E-state index contributed by atoms with van der Waals surface area (Å²) >= 11 is 0. The summed E-state index contributed by atoms with van der Waals surface area (Å²) in [6.07, 6.45) is 4.68. The maximum absolute atomic E-state index is 8.14. The van der Waals surface area contributed by atoms with Crippen molar-refractivity contribution >= 4 is 8.32 Å². The van der Waals surface area contributed by atoms with E-state index in [4.69, 9.17) is 11.3 Å². The Labute approximate surface area is 162 Å². The van der Waals surface area contributed by atoms with Crippen molar-refractivity contribution in [3.05, 3.63) is 0 Å². The molecule has 0 aromatic heterocycles. The molecule has 24 heavy (non-hydrogen) atoms. The minimum Gasteiger partial charge on any atom is -0.417 e. The number of rotatable bonds is 16. The maximum Gasteiger partial charge on any atom is 0.191 e. The molecule has 0 aromatic carbocycles. The SMILES string of the molecule is [2H][C@H](CCCC)C([2H])([2H])C([2H])([2H])CCCCCCCCCO[Si](C)(C)C(C)(C)C. The van der Waals surface area contributed by atoms with Crippen LogP contribution in [0.4, 0.5) is 0 Å². The second-order valence-electron chi connectivity index (χ2n) is 8.50. The molecule has 0 radical (unpaired) electrons. The normalized spacial score (nSPS) is 18.3. The molecule has 0 fully saturated rings. The Morgan fingerprint density at radius 1 is 0.750 bits per heavy atom. The van der Waals surface area contributed by atoms with Crippen LogP contribution in [-0.2, 0) is 4.43 Å². The average Bonchev–Trinajstić information content (AvgIpc) is 2.59. The highest BCUT2D eigenvalue weighted by molar-refractivity contribution is 6.74. The molecule has 2 heteroatoms. The van der Waals surface area contributed by atoms with Crippen LogP contribution in [0.1, 0.15) is 124 Å². The lowest BCUT2D eigenvalue weighted by Crippen LogP contribution is -2.40. The first-order chi connectivity index (χ1) is 13.2. The van der Waals surface area contributed by atoms with Gasteiger partial charge in [-0.2, -0.15) is 0 Å². The predicted molar refractivity (Wildman–Crippen MR) is 113 cm³/mol. The molecule has 1 atom stereocenters. The highest BCUT2D eigenvalue weighted by Crippen LogP contribution is 2.36. The van der Waals surface area contributed by atoms with Crippen molar-refractivity contribution < 1.29 is 11.3 Å². The summed E-state index contributed by atoms with van der Waals surface area (Å²) in [5, 5.41) is 0.267. The van der Waals surface area contributed by atoms with Gasteiger partial charge in [-0.05, 0) is 24.6 Å². The Hall–Kier alpha value is 0.177. The molecule has 0 aliphatic carbocycles. The molecule has 0 spiro atoms. The molecule has 0 unspecified atom stereocenters. The van der Waals surface area contributed by atoms with Crippen molar-refractivity contribution in [2.75, 3.05) is 6.61 Å². The van der Waals surface area contributed by atoms with Crippen LogP contribution in [0.25, 0.3) is 0 Å². The van der Waals surface area contributed by atoms with Gasteiger partial charge >= 0.3 is 0 Å². The van der Waals surface area contributed by atoms with Gasteiger partial charge in [-0.1, -0.05) is 111 Å². The van der Waals surface area contributed by atoms with Crippen LogP contribution >= 0.6 is 0 Å². The molecule has 1 nitrogen and oxygen atoms in total. The molecule has 0 amide bonds. The molecular weight excluding hydrogens is 308 g/mol. The van der Waals surface area contributed by atoms with Gasteiger partial charge in [0.25, 0.3) is 0 Å². The summed E-state index contributed by atoms with van der Waals surface area (Å²) in [5.41, 5.74) is 0. The number of hydrogen-bond donors (Lipinski definition) is 0. The van der Waals surface area contributed by atoms with Crippen molar-refractivity contribution in [1.29, 1.82) is 0 Å². The van der Waals surface area contributed by atoms with E-state index >= 15 is 0 Å². The van der Waals surface area contributed by atoms with Crippen LogP contribution in [0, 0.1) is 0 Å². The van der Waals surface area contributed by atoms with Crippen LogP contribution in [-0.4, -0.2) is 14.9 Å². The van der Waals surface area contributed by atoms with Crippen LogP contribution in [0.5, 0.6) is 0 Å². The van der Waals surface area contributed by atoms with Gasteiger partial charge in [0.2, 0.25) is 0 Å². The third-order valence-electron chi connectivity index (χ3n) is 5.12. The maximum atomic E-state index is 8.14. The molecule has 0 aliphatic heterocycles. The minimum absolute atomic E-state index is 0.210. The van der Waals surface area contributed by atoms with E-state index in [1.165, 1.54) is 12.8 Å². The molecule has 0 aliphatic rings. The van der Waals surface area contributed by atoms with E-state index in [1.54, 1.807) is 0 Å². The Balaban J connectivity index is 3.91. The summed E-state index contributed by atoms with van der Waals surface area (Å²) < 4.78 is 46.7. The second-order valence-corrected chi connectivity index (χ2v) is 13.3. The standard InChI is InChI=1S/C22H48OSi/c1-7-8-9-10-11-12-13-14-15-16-17-18-19-20-21-23-24(5,6)22(2,3)4/h7-21H2,1-6H3/i10D,11D2,12D2/t10-/m1/s1. The van der Waals surface area contributed by atoms with E-state index in [-0.39, 0.29) is 11.5 Å². The predicted octanol–water partition coefficient (Wildman–Crippen LogP) is 8.49. The highest BCUT2D eigenvalue weighted by atomic mass is 28.4. The van der Waals surface area contributed by atoms with E-state index in [0.29, 0.717) is 12.8 Å². The van der Waals surface area contributed by atoms with E-state index in [1.807, 2.05) is 6.92 Å². The Morgan fingerprint density at radius 2 is 1.29 bits per heavy atom. The monoisotopic (exact) mass is 361 g/mol. The minimum atomic E-state index is -2.08. The Kier molecular flexibility index (Phi) is 9.79. The van der Waals surface area contributed by atoms with Crippen molar-refractivity contribution in [3.8, 4) is 0 Å². The van der Waals surface area contributed by atoms with Crippen LogP contribution in [0.3, 0.4) is 0 Å². The lowest BCUT2D eigenvalue weighted by molar-refractivity contribution is 0.277. The lowest BCUT2D eigenvalue weighted by Gasteiger charge is -2.36. The smallest absolute Gasteiger partial charge is 0.191 e. The van der Waals surface area contributed by atoms with Gasteiger partial charge in [-0.3, -0.25) is 0 Å². The van der Waals surface area contributed by atoms with Crippen molar-refractivity contribution in [3.63, 3.8) is 0 Å². The second kappa shape index (κ2) is 14.4. The van der Waals surface area contributed by atoms with Crippen molar-refractivity contribution in [2.45, 2.75) is 136 Å². The first-order valence-corrected chi connectivity index (χ1v) is 13.2. The Bertz CT molecular complexity index is 435. The molecular formula is C22H48OSi. The van der Waals surface area contributed by atoms with E-state index in [0.717, 1.165) is 45.1 Å². The molecule has 0 saturated carbocycles. The topological polar surface area (TPSA) is 9.23 Å². The first kappa shape index (κ1) is 16.4. The zero-order valence-electron chi connectivity index (χ0n) is 22.5. The molecule has 0 rings (SSSR count). The fourth-order valence-electron chi connectivity index (χ4n) is 2.27. The summed E-state index contributed by atoms with van der Waals surface area (Å²) in [6.45, 7) is 14.3. The van der Waals surface area contributed by atoms with Gasteiger partial charge < -0.3 is 4.43 Å². The number of hydrogen-bond acceptors (Lipinski definition) is 1. The van der Waals surface area contributed by atoms with Gasteiger partial charge in [-0.15, -0.1) is 0 Å². The summed E-state index contributed by atoms with van der Waals surface area (Å²) in [6, 6.07) is 0. The fourth-order valence-corrected chi connectivity index (χ4v) is 3.35. The number of unbranched alkanes of at least 4 members (excludes halogenated alkanes) is 7. The van der Waals surface area contributed by atoms with Crippen LogP contribution in [0.2, 0.25) is 18.1 Å². The largest absolute Gasteiger partial charge is 0.417 e. The summed E-state index contributed by atoms with van der Waals surface area (Å²) in [7, 11) is -1.62. The zero-order chi connectivity index (χ0) is 22.8. The highest BCUT2D eigenvalue weighted by Gasteiger charge is 2.36. The van der Waals surface area contributed by atoms with Gasteiger partial charge in [0.1, 0.15) is 0 Å². The van der Waals surface area contributed by atoms with Gasteiger partial charge in [0.05, 0.1) is 0 Å². The molecule has 0 aromatic rings. The van der Waals surface area contributed by atoms with E-state index in [9.17, 15) is 0 Å². The van der Waals surface area contributed by atoms with Crippen molar-refractivity contribution in [1.82, 2.24) is 0 Å². The van der Waals surface area contributed by atoms with Crippen LogP contribution < -0.4 is 0 Å². The third-order valence-corrected chi connectivity index (χ3v) is 9.66. The van der Waals surface area contributed by atoms with Gasteiger partial charge in [-0.25, -0.2) is 0 Å². The molecule has 0 heterocycles. The lowest BCUT2D eigenvalue weighted by atomic mass is 10.0. The quantitative estimate of drug-likeness (QED) is 0.198. The Morgan fingerprint density at radius 3 is 1.83 bits per heavy atom. The fraction of sp³-hybridized carbons (Fsp3) is 1.00. The van der Waals surface area contributed by atoms with Crippen LogP contribution in [0.15, 0.2) is 0 Å².